The molecule has 2 aromatic heterocycles. The van der Waals surface area contributed by atoms with Crippen LogP contribution in [0.2, 0.25) is 0 Å². The van der Waals surface area contributed by atoms with Crippen molar-refractivity contribution < 1.29 is 9.53 Å². The molecule has 0 unspecified atom stereocenters. The lowest BCUT2D eigenvalue weighted by atomic mass is 10.1. The number of aromatic nitrogens is 4. The van der Waals surface area contributed by atoms with Gasteiger partial charge in [0.25, 0.3) is 11.5 Å². The lowest BCUT2D eigenvalue weighted by Crippen LogP contribution is -2.40. The lowest BCUT2D eigenvalue weighted by Gasteiger charge is -2.27. The van der Waals surface area contributed by atoms with Crippen molar-refractivity contribution >= 4 is 28.3 Å². The van der Waals surface area contributed by atoms with E-state index in [4.69, 9.17) is 4.74 Å². The molecule has 3 heterocycles. The summed E-state index contributed by atoms with van der Waals surface area (Å²) in [6.07, 6.45) is 0. The van der Waals surface area contributed by atoms with E-state index >= 15 is 0 Å². The number of hydrogen-bond donors (Lipinski definition) is 2. The molecule has 1 aliphatic heterocycles. The maximum Gasteiger partial charge on any atom is 0.275 e. The van der Waals surface area contributed by atoms with E-state index in [1.807, 2.05) is 26.8 Å². The van der Waals surface area contributed by atoms with Crippen LogP contribution in [0.3, 0.4) is 0 Å². The number of hydrogen-bond acceptors (Lipinski definition) is 6. The normalized spacial score (nSPS) is 14.6. The summed E-state index contributed by atoms with van der Waals surface area (Å²) in [4.78, 5) is 27.7. The van der Waals surface area contributed by atoms with E-state index < -0.39 is 0 Å². The van der Waals surface area contributed by atoms with Crippen molar-refractivity contribution in [2.75, 3.05) is 31.6 Å². The SMILES string of the molecule is Cc1cc(Nc2nn(C(C)C)c(=O)c3cc(C(=O)N4CCOCC4)ccc23)n[nH]1. The predicted octanol–water partition coefficient (Wildman–Crippen LogP) is 2.22. The van der Waals surface area contributed by atoms with Crippen molar-refractivity contribution in [1.82, 2.24) is 24.9 Å². The molecule has 0 radical (unpaired) electrons. The van der Waals surface area contributed by atoms with Gasteiger partial charge in [-0.2, -0.15) is 10.2 Å². The van der Waals surface area contributed by atoms with E-state index in [9.17, 15) is 9.59 Å². The number of H-pyrrole nitrogens is 1. The molecule has 2 N–H and O–H groups in total. The fraction of sp³-hybridized carbons (Fsp3) is 0.400. The number of fused-ring (bicyclic) bond motifs is 1. The third-order valence-electron chi connectivity index (χ3n) is 4.91. The monoisotopic (exact) mass is 396 g/mol. The molecule has 1 aliphatic rings. The largest absolute Gasteiger partial charge is 0.378 e. The molecule has 1 aromatic carbocycles. The van der Waals surface area contributed by atoms with Gasteiger partial charge in [-0.25, -0.2) is 4.68 Å². The first-order chi connectivity index (χ1) is 13.9. The van der Waals surface area contributed by atoms with Crippen molar-refractivity contribution in [3.8, 4) is 0 Å². The number of carbonyl (C=O) groups excluding carboxylic acids is 1. The quantitative estimate of drug-likeness (QED) is 0.701. The number of benzene rings is 1. The Morgan fingerprint density at radius 2 is 1.97 bits per heavy atom. The van der Waals surface area contributed by atoms with Crippen LogP contribution in [0.4, 0.5) is 11.6 Å². The van der Waals surface area contributed by atoms with Gasteiger partial charge in [0.05, 0.1) is 24.6 Å². The minimum atomic E-state index is -0.226. The number of amides is 1. The van der Waals surface area contributed by atoms with E-state index in [-0.39, 0.29) is 17.5 Å². The molecule has 29 heavy (non-hydrogen) atoms. The summed E-state index contributed by atoms with van der Waals surface area (Å²) in [6.45, 7) is 7.85. The summed E-state index contributed by atoms with van der Waals surface area (Å²) in [5.41, 5.74) is 1.17. The molecule has 0 saturated carbocycles. The number of ether oxygens (including phenoxy) is 1. The van der Waals surface area contributed by atoms with Crippen LogP contribution in [-0.2, 0) is 4.74 Å². The number of aryl methyl sites for hydroxylation is 1. The zero-order valence-electron chi connectivity index (χ0n) is 16.7. The van der Waals surface area contributed by atoms with Crippen molar-refractivity contribution in [2.24, 2.45) is 0 Å². The highest BCUT2D eigenvalue weighted by Gasteiger charge is 2.21. The van der Waals surface area contributed by atoms with Crippen LogP contribution < -0.4 is 10.9 Å². The number of nitrogens with one attached hydrogen (secondary N) is 2. The van der Waals surface area contributed by atoms with E-state index in [0.29, 0.717) is 54.3 Å². The van der Waals surface area contributed by atoms with Gasteiger partial charge in [0.1, 0.15) is 0 Å². The number of rotatable bonds is 4. The molecule has 152 valence electrons. The number of aromatic amines is 1. The van der Waals surface area contributed by atoms with Crippen LogP contribution in [0.5, 0.6) is 0 Å². The fourth-order valence-electron chi connectivity index (χ4n) is 3.39. The minimum absolute atomic E-state index is 0.0973. The van der Waals surface area contributed by atoms with Gasteiger partial charge in [-0.05, 0) is 39.0 Å². The first-order valence-electron chi connectivity index (χ1n) is 9.66. The number of carbonyl (C=O) groups is 1. The molecule has 3 aromatic rings. The highest BCUT2D eigenvalue weighted by Crippen LogP contribution is 2.24. The van der Waals surface area contributed by atoms with Crippen LogP contribution in [-0.4, -0.2) is 57.1 Å². The third-order valence-corrected chi connectivity index (χ3v) is 4.91. The predicted molar refractivity (Wildman–Crippen MR) is 110 cm³/mol. The third kappa shape index (κ3) is 3.73. The summed E-state index contributed by atoms with van der Waals surface area (Å²) < 4.78 is 6.74. The standard InChI is InChI=1S/C20H24N6O3/c1-12(2)26-20(28)16-11-14(19(27)25-6-8-29-9-7-25)4-5-15(16)18(24-26)21-17-10-13(3)22-23-17/h4-5,10-12H,6-9H2,1-3H3,(H2,21,22,23,24). The van der Waals surface area contributed by atoms with Gasteiger partial charge in [0.2, 0.25) is 0 Å². The average Bonchev–Trinajstić information content (AvgIpc) is 3.14. The molecule has 0 atom stereocenters. The second kappa shape index (κ2) is 7.67. The number of anilines is 2. The molecule has 9 nitrogen and oxygen atoms in total. The Kier molecular flexibility index (Phi) is 5.06. The summed E-state index contributed by atoms with van der Waals surface area (Å²) in [6, 6.07) is 6.89. The zero-order chi connectivity index (χ0) is 20.5. The number of morpholine rings is 1. The molecule has 4 rings (SSSR count). The zero-order valence-corrected chi connectivity index (χ0v) is 16.7. The molecule has 1 amide bonds. The summed E-state index contributed by atoms with van der Waals surface area (Å²) in [7, 11) is 0. The van der Waals surface area contributed by atoms with Gasteiger partial charge >= 0.3 is 0 Å². The van der Waals surface area contributed by atoms with Crippen LogP contribution in [0.1, 0.15) is 35.9 Å². The molecule has 1 saturated heterocycles. The fourth-order valence-corrected chi connectivity index (χ4v) is 3.39. The minimum Gasteiger partial charge on any atom is -0.378 e. The Morgan fingerprint density at radius 1 is 1.21 bits per heavy atom. The smallest absolute Gasteiger partial charge is 0.275 e. The Balaban J connectivity index is 1.80. The van der Waals surface area contributed by atoms with Crippen LogP contribution in [0, 0.1) is 6.92 Å². The molecule has 9 heteroatoms. The van der Waals surface area contributed by atoms with E-state index in [2.05, 4.69) is 20.6 Å². The highest BCUT2D eigenvalue weighted by molar-refractivity contribution is 6.01. The van der Waals surface area contributed by atoms with Crippen molar-refractivity contribution in [1.29, 1.82) is 0 Å². The van der Waals surface area contributed by atoms with Crippen molar-refractivity contribution in [3.05, 3.63) is 45.9 Å². The number of nitrogens with zero attached hydrogens (tertiary/aromatic N) is 4. The van der Waals surface area contributed by atoms with Crippen LogP contribution in [0.25, 0.3) is 10.8 Å². The second-order valence-electron chi connectivity index (χ2n) is 7.42. The van der Waals surface area contributed by atoms with E-state index in [1.165, 1.54) is 4.68 Å². The first-order valence-corrected chi connectivity index (χ1v) is 9.66. The maximum atomic E-state index is 13.0. The lowest BCUT2D eigenvalue weighted by molar-refractivity contribution is 0.0303. The summed E-state index contributed by atoms with van der Waals surface area (Å²) in [5.74, 6) is 1.03. The first kappa shape index (κ1) is 19.1. The topological polar surface area (TPSA) is 105 Å². The Bertz CT molecular complexity index is 1110. The Hall–Kier alpha value is -3.20. The second-order valence-corrected chi connectivity index (χ2v) is 7.42. The molecular formula is C20H24N6O3. The van der Waals surface area contributed by atoms with Gasteiger partial charge in [-0.1, -0.05) is 0 Å². The van der Waals surface area contributed by atoms with Crippen molar-refractivity contribution in [2.45, 2.75) is 26.8 Å². The molecule has 0 spiro atoms. The van der Waals surface area contributed by atoms with Crippen LogP contribution in [0.15, 0.2) is 29.1 Å². The Labute approximate surface area is 167 Å². The van der Waals surface area contributed by atoms with Crippen LogP contribution >= 0.6 is 0 Å². The van der Waals surface area contributed by atoms with Gasteiger partial charge < -0.3 is 15.0 Å². The van der Waals surface area contributed by atoms with Gasteiger partial charge in [0, 0.05) is 35.8 Å². The van der Waals surface area contributed by atoms with E-state index in [0.717, 1.165) is 5.69 Å². The average molecular weight is 396 g/mol. The molecule has 1 fully saturated rings. The summed E-state index contributed by atoms with van der Waals surface area (Å²) in [5, 5.41) is 15.8. The van der Waals surface area contributed by atoms with Crippen molar-refractivity contribution in [3.63, 3.8) is 0 Å². The molecular weight excluding hydrogens is 372 g/mol. The van der Waals surface area contributed by atoms with Gasteiger partial charge in [-0.15, -0.1) is 0 Å². The maximum absolute atomic E-state index is 13.0. The molecule has 0 bridgehead atoms. The summed E-state index contributed by atoms with van der Waals surface area (Å²) >= 11 is 0. The van der Waals surface area contributed by atoms with E-state index in [1.54, 1.807) is 23.1 Å². The highest BCUT2D eigenvalue weighted by atomic mass is 16.5. The molecule has 0 aliphatic carbocycles. The van der Waals surface area contributed by atoms with Gasteiger partial charge in [-0.3, -0.25) is 14.7 Å². The van der Waals surface area contributed by atoms with Gasteiger partial charge in [0.15, 0.2) is 11.6 Å². The Morgan fingerprint density at radius 3 is 2.62 bits per heavy atom.